The molecule has 1 atom stereocenters. The minimum atomic E-state index is -0.418. The van der Waals surface area contributed by atoms with Crippen molar-refractivity contribution < 1.29 is 9.59 Å². The molecule has 2 N–H and O–H groups in total. The number of carbonyl (C=O) groups excluding carboxylic acids is 2. The van der Waals surface area contributed by atoms with Crippen LogP contribution in [0.25, 0.3) is 11.0 Å². The van der Waals surface area contributed by atoms with Crippen molar-refractivity contribution in [3.05, 3.63) is 6.20 Å². The van der Waals surface area contributed by atoms with Gasteiger partial charge in [-0.2, -0.15) is 5.10 Å². The number of thioether (sulfide) groups is 1. The molecule has 0 saturated carbocycles. The summed E-state index contributed by atoms with van der Waals surface area (Å²) in [6, 6.07) is -0.418. The topological polar surface area (TPSA) is 105 Å². The Balaban J connectivity index is 1.48. The lowest BCUT2D eigenvalue weighted by Gasteiger charge is -2.17. The van der Waals surface area contributed by atoms with E-state index in [4.69, 9.17) is 4.98 Å². The molecule has 1 unspecified atom stereocenters. The Morgan fingerprint density at radius 1 is 1.37 bits per heavy atom. The molecule has 2 aromatic heterocycles. The van der Waals surface area contributed by atoms with E-state index in [1.165, 1.54) is 24.6 Å². The summed E-state index contributed by atoms with van der Waals surface area (Å²) in [5.74, 6) is 0.740. The van der Waals surface area contributed by atoms with Gasteiger partial charge in [0.15, 0.2) is 10.8 Å². The van der Waals surface area contributed by atoms with Gasteiger partial charge < -0.3 is 15.5 Å². The van der Waals surface area contributed by atoms with Gasteiger partial charge in [-0.15, -0.1) is 0 Å². The number of rotatable bonds is 6. The third kappa shape index (κ3) is 3.71. The third-order valence-electron chi connectivity index (χ3n) is 4.98. The molecular weight excluding hydrogens is 366 g/mol. The predicted octanol–water partition coefficient (Wildman–Crippen LogP) is 0.543. The highest BCUT2D eigenvalue weighted by Crippen LogP contribution is 2.28. The molecule has 0 spiro atoms. The quantitative estimate of drug-likeness (QED) is 0.549. The zero-order valence-electron chi connectivity index (χ0n) is 15.3. The summed E-state index contributed by atoms with van der Waals surface area (Å²) in [7, 11) is 0. The molecular formula is C17H23N7O2S. The van der Waals surface area contributed by atoms with E-state index in [-0.39, 0.29) is 11.8 Å². The molecule has 4 heterocycles. The normalized spacial score (nSPS) is 19.7. The molecule has 2 aliphatic heterocycles. The highest BCUT2D eigenvalue weighted by atomic mass is 32.2. The highest BCUT2D eigenvalue weighted by Gasteiger charge is 2.27. The second-order valence-corrected chi connectivity index (χ2v) is 7.56. The van der Waals surface area contributed by atoms with E-state index in [2.05, 4.69) is 25.6 Å². The van der Waals surface area contributed by atoms with Crippen LogP contribution in [0.3, 0.4) is 0 Å². The van der Waals surface area contributed by atoms with Crippen LogP contribution >= 0.6 is 11.8 Å². The Hall–Kier alpha value is -2.36. The lowest BCUT2D eigenvalue weighted by molar-refractivity contribution is -0.125. The van der Waals surface area contributed by atoms with Gasteiger partial charge in [-0.25, -0.2) is 14.6 Å². The summed E-state index contributed by atoms with van der Waals surface area (Å²) in [5.41, 5.74) is 0.791. The number of fused-ring (bicyclic) bond motifs is 1. The summed E-state index contributed by atoms with van der Waals surface area (Å²) < 4.78 is 1.81. The molecule has 10 heteroatoms. The number of amides is 2. The number of carbonyl (C=O) groups is 2. The molecule has 0 aliphatic carbocycles. The van der Waals surface area contributed by atoms with Crippen molar-refractivity contribution in [2.75, 3.05) is 30.8 Å². The fourth-order valence-corrected chi connectivity index (χ4v) is 3.92. The van der Waals surface area contributed by atoms with Crippen molar-refractivity contribution in [2.45, 2.75) is 43.4 Å². The first-order valence-electron chi connectivity index (χ1n) is 9.25. The molecule has 2 fully saturated rings. The van der Waals surface area contributed by atoms with Gasteiger partial charge in [0.1, 0.15) is 11.9 Å². The average Bonchev–Trinajstić information content (AvgIpc) is 3.41. The van der Waals surface area contributed by atoms with Crippen LogP contribution in [0.5, 0.6) is 0 Å². The van der Waals surface area contributed by atoms with E-state index >= 15 is 0 Å². The van der Waals surface area contributed by atoms with Gasteiger partial charge in [-0.05, 0) is 25.5 Å². The molecule has 0 bridgehead atoms. The first kappa shape index (κ1) is 18.0. The lowest BCUT2D eigenvalue weighted by Crippen LogP contribution is -2.42. The standard InChI is InChI=1S/C17H23N7O2S/c1-27-17-21-14(23-7-2-3-8-23)11-10-19-24(15(11)22-17)9-6-18-16(26)12-4-5-13(25)20-12/h10,12H,2-9H2,1H3,(H,18,26)(H,20,25). The van der Waals surface area contributed by atoms with Crippen molar-refractivity contribution in [1.82, 2.24) is 30.4 Å². The average molecular weight is 389 g/mol. The van der Waals surface area contributed by atoms with Crippen LogP contribution in [0.15, 0.2) is 11.4 Å². The number of nitrogens with one attached hydrogen (secondary N) is 2. The van der Waals surface area contributed by atoms with Gasteiger partial charge in [0.25, 0.3) is 0 Å². The van der Waals surface area contributed by atoms with Crippen LogP contribution in [0.1, 0.15) is 25.7 Å². The van der Waals surface area contributed by atoms with Crippen molar-refractivity contribution >= 4 is 40.4 Å². The Kier molecular flexibility index (Phi) is 5.15. The van der Waals surface area contributed by atoms with E-state index in [0.717, 1.165) is 35.1 Å². The SMILES string of the molecule is CSc1nc(N2CCCC2)c2cnn(CCNC(=O)C3CCC(=O)N3)c2n1. The maximum absolute atomic E-state index is 12.1. The van der Waals surface area contributed by atoms with Gasteiger partial charge in [0.05, 0.1) is 18.1 Å². The molecule has 4 rings (SSSR count). The molecule has 0 radical (unpaired) electrons. The monoisotopic (exact) mass is 389 g/mol. The maximum atomic E-state index is 12.1. The molecule has 2 aromatic rings. The fraction of sp³-hybridized carbons (Fsp3) is 0.588. The number of hydrogen-bond donors (Lipinski definition) is 2. The van der Waals surface area contributed by atoms with E-state index in [1.54, 1.807) is 0 Å². The van der Waals surface area contributed by atoms with Crippen LogP contribution in [0.2, 0.25) is 0 Å². The predicted molar refractivity (Wildman–Crippen MR) is 103 cm³/mol. The molecule has 9 nitrogen and oxygen atoms in total. The van der Waals surface area contributed by atoms with Crippen LogP contribution in [-0.2, 0) is 16.1 Å². The highest BCUT2D eigenvalue weighted by molar-refractivity contribution is 7.98. The summed E-state index contributed by atoms with van der Waals surface area (Å²) in [6.07, 6.45) is 7.10. The third-order valence-corrected chi connectivity index (χ3v) is 5.53. The van der Waals surface area contributed by atoms with Crippen LogP contribution in [0.4, 0.5) is 5.82 Å². The van der Waals surface area contributed by atoms with Crippen molar-refractivity contribution in [1.29, 1.82) is 0 Å². The summed E-state index contributed by atoms with van der Waals surface area (Å²) in [6.45, 7) is 2.96. The number of nitrogens with zero attached hydrogens (tertiary/aromatic N) is 5. The van der Waals surface area contributed by atoms with E-state index in [0.29, 0.717) is 25.9 Å². The van der Waals surface area contributed by atoms with Gasteiger partial charge in [0, 0.05) is 26.1 Å². The zero-order chi connectivity index (χ0) is 18.8. The van der Waals surface area contributed by atoms with Gasteiger partial charge >= 0.3 is 0 Å². The molecule has 0 aromatic carbocycles. The van der Waals surface area contributed by atoms with Crippen LogP contribution in [-0.4, -0.2) is 63.5 Å². The first-order valence-corrected chi connectivity index (χ1v) is 10.5. The minimum Gasteiger partial charge on any atom is -0.356 e. The fourth-order valence-electron chi connectivity index (χ4n) is 3.56. The second kappa shape index (κ2) is 7.71. The summed E-state index contributed by atoms with van der Waals surface area (Å²) in [4.78, 5) is 35.0. The Morgan fingerprint density at radius 2 is 2.19 bits per heavy atom. The van der Waals surface area contributed by atoms with Crippen molar-refractivity contribution in [2.24, 2.45) is 0 Å². The maximum Gasteiger partial charge on any atom is 0.242 e. The summed E-state index contributed by atoms with van der Waals surface area (Å²) in [5, 5.41) is 11.7. The van der Waals surface area contributed by atoms with Crippen LogP contribution < -0.4 is 15.5 Å². The number of anilines is 1. The molecule has 2 aliphatic rings. The molecule has 144 valence electrons. The number of aromatic nitrogens is 4. The number of hydrogen-bond acceptors (Lipinski definition) is 7. The minimum absolute atomic E-state index is 0.0658. The lowest BCUT2D eigenvalue weighted by atomic mass is 10.2. The van der Waals surface area contributed by atoms with Gasteiger partial charge in [-0.1, -0.05) is 11.8 Å². The smallest absolute Gasteiger partial charge is 0.242 e. The molecule has 2 amide bonds. The molecule has 2 saturated heterocycles. The van der Waals surface area contributed by atoms with Gasteiger partial charge in [0.2, 0.25) is 11.8 Å². The molecule has 27 heavy (non-hydrogen) atoms. The van der Waals surface area contributed by atoms with E-state index in [9.17, 15) is 9.59 Å². The van der Waals surface area contributed by atoms with Crippen molar-refractivity contribution in [3.8, 4) is 0 Å². The first-order chi connectivity index (χ1) is 13.2. The zero-order valence-corrected chi connectivity index (χ0v) is 16.1. The Morgan fingerprint density at radius 3 is 2.89 bits per heavy atom. The van der Waals surface area contributed by atoms with Gasteiger partial charge in [-0.3, -0.25) is 9.59 Å². The van der Waals surface area contributed by atoms with Crippen molar-refractivity contribution in [3.63, 3.8) is 0 Å². The summed E-state index contributed by atoms with van der Waals surface area (Å²) >= 11 is 1.51. The Bertz CT molecular complexity index is 862. The largest absolute Gasteiger partial charge is 0.356 e. The van der Waals surface area contributed by atoms with E-state index in [1.807, 2.05) is 17.1 Å². The van der Waals surface area contributed by atoms with E-state index < -0.39 is 6.04 Å². The second-order valence-electron chi connectivity index (χ2n) is 6.78. The van der Waals surface area contributed by atoms with Crippen LogP contribution in [0, 0.1) is 0 Å². The Labute approximate surface area is 161 Å².